The van der Waals surface area contributed by atoms with Gasteiger partial charge in [-0.15, -0.1) is 0 Å². The molecule has 2 aliphatic rings. The lowest BCUT2D eigenvalue weighted by molar-refractivity contribution is -0.0658. The minimum absolute atomic E-state index is 0.200. The summed E-state index contributed by atoms with van der Waals surface area (Å²) in [6.07, 6.45) is 7.50. The fraction of sp³-hybridized carbons (Fsp3) is 0.778. The summed E-state index contributed by atoms with van der Waals surface area (Å²) in [4.78, 5) is 6.36. The van der Waals surface area contributed by atoms with Crippen molar-refractivity contribution in [3.63, 3.8) is 0 Å². The van der Waals surface area contributed by atoms with Gasteiger partial charge >= 0.3 is 0 Å². The number of morpholine rings is 1. The molecule has 2 heterocycles. The first-order valence-corrected chi connectivity index (χ1v) is 8.67. The lowest BCUT2D eigenvalue weighted by atomic mass is 9.68. The lowest BCUT2D eigenvalue weighted by Gasteiger charge is -2.52. The van der Waals surface area contributed by atoms with E-state index < -0.39 is 0 Å². The van der Waals surface area contributed by atoms with E-state index in [-0.39, 0.29) is 5.54 Å². The van der Waals surface area contributed by atoms with Crippen molar-refractivity contribution in [3.05, 3.63) is 23.5 Å². The van der Waals surface area contributed by atoms with Gasteiger partial charge in [0.2, 0.25) is 0 Å². The Hall–Kier alpha value is -0.800. The fourth-order valence-corrected chi connectivity index (χ4v) is 4.53. The molecule has 1 N–H and O–H groups in total. The van der Waals surface area contributed by atoms with Crippen LogP contribution >= 0.6 is 0 Å². The summed E-state index contributed by atoms with van der Waals surface area (Å²) in [6, 6.07) is 2.30. The van der Waals surface area contributed by atoms with E-state index in [4.69, 9.17) is 4.74 Å². The van der Waals surface area contributed by atoms with Crippen LogP contribution in [-0.4, -0.2) is 36.2 Å². The molecule has 2 fully saturated rings. The van der Waals surface area contributed by atoms with Crippen molar-refractivity contribution >= 4 is 0 Å². The van der Waals surface area contributed by atoms with E-state index in [0.717, 1.165) is 26.3 Å². The van der Waals surface area contributed by atoms with Crippen molar-refractivity contribution in [2.45, 2.75) is 57.9 Å². The largest absolute Gasteiger partial charge is 0.379 e. The SMILES string of the molecule is CC(C)c1cc[nH]c1C1(N2CCOCC2)CCCCC1C. The number of rotatable bonds is 3. The number of hydrogen-bond acceptors (Lipinski definition) is 2. The van der Waals surface area contributed by atoms with Crippen LogP contribution in [0.15, 0.2) is 12.3 Å². The Morgan fingerprint density at radius 3 is 2.71 bits per heavy atom. The van der Waals surface area contributed by atoms with E-state index in [2.05, 4.69) is 42.9 Å². The first-order chi connectivity index (χ1) is 10.2. The molecule has 0 amide bonds. The Labute approximate surface area is 129 Å². The van der Waals surface area contributed by atoms with Gasteiger partial charge in [0.15, 0.2) is 0 Å². The molecule has 118 valence electrons. The van der Waals surface area contributed by atoms with Crippen molar-refractivity contribution in [2.24, 2.45) is 5.92 Å². The number of H-pyrrole nitrogens is 1. The number of nitrogens with one attached hydrogen (secondary N) is 1. The molecule has 1 saturated heterocycles. The van der Waals surface area contributed by atoms with E-state index in [9.17, 15) is 0 Å². The van der Waals surface area contributed by atoms with Crippen molar-refractivity contribution in [3.8, 4) is 0 Å². The Morgan fingerprint density at radius 2 is 2.05 bits per heavy atom. The van der Waals surface area contributed by atoms with Crippen LogP contribution < -0.4 is 0 Å². The smallest absolute Gasteiger partial charge is 0.0641 e. The second kappa shape index (κ2) is 6.13. The zero-order valence-electron chi connectivity index (χ0n) is 13.8. The van der Waals surface area contributed by atoms with Gasteiger partial charge in [0.25, 0.3) is 0 Å². The summed E-state index contributed by atoms with van der Waals surface area (Å²) in [5, 5.41) is 0. The van der Waals surface area contributed by atoms with Crippen molar-refractivity contribution in [1.29, 1.82) is 0 Å². The summed E-state index contributed by atoms with van der Waals surface area (Å²) >= 11 is 0. The van der Waals surface area contributed by atoms with Crippen LogP contribution in [0.2, 0.25) is 0 Å². The molecule has 0 radical (unpaired) electrons. The molecule has 1 aliphatic carbocycles. The van der Waals surface area contributed by atoms with Crippen LogP contribution in [0.5, 0.6) is 0 Å². The van der Waals surface area contributed by atoms with Crippen LogP contribution in [0.25, 0.3) is 0 Å². The molecule has 1 aromatic heterocycles. The molecule has 3 rings (SSSR count). The second-order valence-corrected chi connectivity index (χ2v) is 7.13. The number of ether oxygens (including phenoxy) is 1. The maximum atomic E-state index is 5.61. The second-order valence-electron chi connectivity index (χ2n) is 7.13. The van der Waals surface area contributed by atoms with E-state index in [1.165, 1.54) is 36.9 Å². The molecule has 2 atom stereocenters. The molecular formula is C18H30N2O. The molecule has 3 heteroatoms. The zero-order valence-corrected chi connectivity index (χ0v) is 13.8. The van der Waals surface area contributed by atoms with E-state index in [0.29, 0.717) is 11.8 Å². The van der Waals surface area contributed by atoms with Crippen molar-refractivity contribution in [1.82, 2.24) is 9.88 Å². The number of nitrogens with zero attached hydrogens (tertiary/aromatic N) is 1. The molecule has 1 aromatic rings. The molecule has 0 spiro atoms. The topological polar surface area (TPSA) is 28.3 Å². The Balaban J connectivity index is 2.04. The highest BCUT2D eigenvalue weighted by atomic mass is 16.5. The zero-order chi connectivity index (χ0) is 14.9. The molecule has 0 aromatic carbocycles. The van der Waals surface area contributed by atoms with Crippen LogP contribution in [0, 0.1) is 5.92 Å². The molecule has 1 aliphatic heterocycles. The first-order valence-electron chi connectivity index (χ1n) is 8.67. The molecule has 3 nitrogen and oxygen atoms in total. The van der Waals surface area contributed by atoms with Crippen molar-refractivity contribution in [2.75, 3.05) is 26.3 Å². The minimum Gasteiger partial charge on any atom is -0.379 e. The predicted molar refractivity (Wildman–Crippen MR) is 86.6 cm³/mol. The third-order valence-corrected chi connectivity index (χ3v) is 5.67. The van der Waals surface area contributed by atoms with E-state index in [1.54, 1.807) is 0 Å². The fourth-order valence-electron chi connectivity index (χ4n) is 4.53. The van der Waals surface area contributed by atoms with E-state index >= 15 is 0 Å². The highest BCUT2D eigenvalue weighted by Gasteiger charge is 2.47. The van der Waals surface area contributed by atoms with Crippen LogP contribution in [0.1, 0.15) is 63.6 Å². The Kier molecular flexibility index (Phi) is 4.41. The quantitative estimate of drug-likeness (QED) is 0.915. The minimum atomic E-state index is 0.200. The normalized spacial score (nSPS) is 31.7. The van der Waals surface area contributed by atoms with Gasteiger partial charge in [-0.05, 0) is 36.3 Å². The van der Waals surface area contributed by atoms with Crippen LogP contribution in [-0.2, 0) is 10.3 Å². The van der Waals surface area contributed by atoms with Gasteiger partial charge in [-0.2, -0.15) is 0 Å². The highest BCUT2D eigenvalue weighted by Crippen LogP contribution is 2.48. The standard InChI is InChI=1S/C18H30N2O/c1-14(2)16-7-9-19-17(16)18(8-5-4-6-15(18)3)20-10-12-21-13-11-20/h7,9,14-15,19H,4-6,8,10-13H2,1-3H3. The summed E-state index contributed by atoms with van der Waals surface area (Å²) in [5.41, 5.74) is 3.20. The average Bonchev–Trinajstić information content (AvgIpc) is 2.99. The molecule has 21 heavy (non-hydrogen) atoms. The third kappa shape index (κ3) is 2.55. The van der Waals surface area contributed by atoms with Gasteiger partial charge in [0.1, 0.15) is 0 Å². The predicted octanol–water partition coefficient (Wildman–Crippen LogP) is 3.88. The van der Waals surface area contributed by atoms with Crippen LogP contribution in [0.3, 0.4) is 0 Å². The van der Waals surface area contributed by atoms with E-state index in [1.807, 2.05) is 0 Å². The maximum absolute atomic E-state index is 5.61. The molecule has 0 bridgehead atoms. The highest BCUT2D eigenvalue weighted by molar-refractivity contribution is 5.32. The summed E-state index contributed by atoms with van der Waals surface area (Å²) in [6.45, 7) is 11.0. The van der Waals surface area contributed by atoms with Gasteiger partial charge in [-0.25, -0.2) is 0 Å². The molecule has 2 unspecified atom stereocenters. The summed E-state index contributed by atoms with van der Waals surface area (Å²) in [7, 11) is 0. The number of aromatic nitrogens is 1. The van der Waals surface area contributed by atoms with Gasteiger partial charge in [0, 0.05) is 25.0 Å². The first kappa shape index (κ1) is 15.1. The van der Waals surface area contributed by atoms with Crippen molar-refractivity contribution < 1.29 is 4.74 Å². The van der Waals surface area contributed by atoms with Gasteiger partial charge in [-0.1, -0.05) is 33.6 Å². The third-order valence-electron chi connectivity index (χ3n) is 5.67. The Bertz CT molecular complexity index is 462. The number of hydrogen-bond donors (Lipinski definition) is 1. The lowest BCUT2D eigenvalue weighted by Crippen LogP contribution is -2.56. The van der Waals surface area contributed by atoms with Gasteiger partial charge in [0.05, 0.1) is 18.8 Å². The summed E-state index contributed by atoms with van der Waals surface area (Å²) < 4.78 is 5.61. The van der Waals surface area contributed by atoms with Gasteiger partial charge in [-0.3, -0.25) is 4.90 Å². The summed E-state index contributed by atoms with van der Waals surface area (Å²) in [5.74, 6) is 1.29. The number of aromatic amines is 1. The van der Waals surface area contributed by atoms with Crippen LogP contribution in [0.4, 0.5) is 0 Å². The Morgan fingerprint density at radius 1 is 1.29 bits per heavy atom. The molecule has 1 saturated carbocycles. The monoisotopic (exact) mass is 290 g/mol. The molecular weight excluding hydrogens is 260 g/mol. The van der Waals surface area contributed by atoms with Gasteiger partial charge < -0.3 is 9.72 Å². The maximum Gasteiger partial charge on any atom is 0.0641 e. The average molecular weight is 290 g/mol.